The first-order chi connectivity index (χ1) is 10.9. The third-order valence-electron chi connectivity index (χ3n) is 7.92. The van der Waals surface area contributed by atoms with Gasteiger partial charge in [0.15, 0.2) is 0 Å². The predicted octanol–water partition coefficient (Wildman–Crippen LogP) is 4.87. The molecule has 1 aliphatic heterocycles. The lowest BCUT2D eigenvalue weighted by Crippen LogP contribution is -2.43. The minimum Gasteiger partial charge on any atom is -0.396 e. The lowest BCUT2D eigenvalue weighted by Gasteiger charge is -2.47. The van der Waals surface area contributed by atoms with E-state index in [1.54, 1.807) is 0 Å². The van der Waals surface area contributed by atoms with E-state index in [0.717, 1.165) is 22.8 Å². The molecule has 1 N–H and O–H groups in total. The minimum atomic E-state index is 0.332. The fourth-order valence-corrected chi connectivity index (χ4v) is 8.35. The van der Waals surface area contributed by atoms with Gasteiger partial charge in [-0.25, -0.2) is 0 Å². The van der Waals surface area contributed by atoms with E-state index >= 15 is 0 Å². The summed E-state index contributed by atoms with van der Waals surface area (Å²) in [6.45, 7) is 10.1. The van der Waals surface area contributed by atoms with E-state index in [2.05, 4.69) is 63.7 Å². The van der Waals surface area contributed by atoms with Crippen LogP contribution in [0, 0.1) is 35.5 Å². The Hall–Kier alpha value is -0.470. The van der Waals surface area contributed by atoms with Gasteiger partial charge in [-0.1, -0.05) is 50.6 Å². The van der Waals surface area contributed by atoms with Gasteiger partial charge in [-0.2, -0.15) is 11.8 Å². The smallest absolute Gasteiger partial charge is 0.0473 e. The Morgan fingerprint density at radius 1 is 1.17 bits per heavy atom. The van der Waals surface area contributed by atoms with Gasteiger partial charge in [0.25, 0.3) is 0 Å². The molecule has 2 bridgehead atoms. The number of benzene rings is 1. The molecule has 2 heteroatoms. The first kappa shape index (κ1) is 16.0. The Balaban J connectivity index is 1.78. The number of aliphatic hydroxyl groups is 1. The Morgan fingerprint density at radius 3 is 2.52 bits per heavy atom. The van der Waals surface area contributed by atoms with Crippen molar-refractivity contribution in [2.75, 3.05) is 12.4 Å². The molecular formula is C21H30OS. The molecule has 1 heterocycles. The van der Waals surface area contributed by atoms with E-state index in [1.807, 2.05) is 0 Å². The molecule has 0 unspecified atom stereocenters. The summed E-state index contributed by atoms with van der Waals surface area (Å²) in [5, 5.41) is 10.8. The quantitative estimate of drug-likeness (QED) is 0.834. The van der Waals surface area contributed by atoms with Crippen LogP contribution in [-0.4, -0.2) is 22.7 Å². The van der Waals surface area contributed by atoms with E-state index in [9.17, 15) is 5.11 Å². The second kappa shape index (κ2) is 5.26. The van der Waals surface area contributed by atoms with E-state index in [4.69, 9.17) is 0 Å². The van der Waals surface area contributed by atoms with Gasteiger partial charge in [0.2, 0.25) is 0 Å². The fourth-order valence-electron chi connectivity index (χ4n) is 6.21. The lowest BCUT2D eigenvalue weighted by atomic mass is 9.68. The number of aliphatic hydroxyl groups excluding tert-OH is 1. The highest BCUT2D eigenvalue weighted by atomic mass is 32.2. The molecule has 0 spiro atoms. The molecular weight excluding hydrogens is 300 g/mol. The fraction of sp³-hybridized carbons (Fsp3) is 0.714. The SMILES string of the molecule is Cc1ccc([C@@H]2[C@@H](CO)CS[C@@H]3[C@H]2[C@H]2CC[C@]3(C)C2(C)C)cc1. The van der Waals surface area contributed by atoms with Crippen LogP contribution < -0.4 is 0 Å². The van der Waals surface area contributed by atoms with Crippen molar-refractivity contribution in [2.24, 2.45) is 28.6 Å². The normalized spacial score (nSPS) is 44.3. The third kappa shape index (κ3) is 2.03. The second-order valence-corrected chi connectivity index (χ2v) is 10.2. The predicted molar refractivity (Wildman–Crippen MR) is 98.8 cm³/mol. The molecule has 2 aliphatic carbocycles. The van der Waals surface area contributed by atoms with Crippen LogP contribution in [0.4, 0.5) is 0 Å². The van der Waals surface area contributed by atoms with Crippen LogP contribution in [0.1, 0.15) is 50.7 Å². The molecule has 1 saturated heterocycles. The van der Waals surface area contributed by atoms with Crippen LogP contribution in [-0.2, 0) is 0 Å². The van der Waals surface area contributed by atoms with Crippen molar-refractivity contribution in [1.82, 2.24) is 0 Å². The van der Waals surface area contributed by atoms with Gasteiger partial charge < -0.3 is 5.11 Å². The molecule has 1 aromatic rings. The molecule has 1 nitrogen and oxygen atoms in total. The topological polar surface area (TPSA) is 20.2 Å². The maximum absolute atomic E-state index is 10.0. The first-order valence-corrected chi connectivity index (χ1v) is 10.2. The summed E-state index contributed by atoms with van der Waals surface area (Å²) in [5.41, 5.74) is 3.70. The number of fused-ring (bicyclic) bond motifs is 5. The molecule has 4 rings (SSSR count). The minimum absolute atomic E-state index is 0.332. The lowest BCUT2D eigenvalue weighted by molar-refractivity contribution is 0.145. The summed E-state index contributed by atoms with van der Waals surface area (Å²) < 4.78 is 0. The molecule has 3 aliphatic rings. The maximum atomic E-state index is 10.0. The number of aryl methyl sites for hydroxylation is 1. The molecule has 3 fully saturated rings. The highest BCUT2D eigenvalue weighted by Crippen LogP contribution is 2.74. The molecule has 6 atom stereocenters. The zero-order valence-corrected chi connectivity index (χ0v) is 15.7. The molecule has 23 heavy (non-hydrogen) atoms. The molecule has 0 aromatic heterocycles. The van der Waals surface area contributed by atoms with Gasteiger partial charge >= 0.3 is 0 Å². The summed E-state index contributed by atoms with van der Waals surface area (Å²) in [5.74, 6) is 3.63. The van der Waals surface area contributed by atoms with Crippen LogP contribution >= 0.6 is 11.8 Å². The van der Waals surface area contributed by atoms with E-state index < -0.39 is 0 Å². The Bertz CT molecular complexity index is 592. The monoisotopic (exact) mass is 330 g/mol. The maximum Gasteiger partial charge on any atom is 0.0473 e. The van der Waals surface area contributed by atoms with Crippen LogP contribution in [0.15, 0.2) is 24.3 Å². The van der Waals surface area contributed by atoms with E-state index in [-0.39, 0.29) is 0 Å². The van der Waals surface area contributed by atoms with Gasteiger partial charge in [0.1, 0.15) is 0 Å². The summed E-state index contributed by atoms with van der Waals surface area (Å²) in [7, 11) is 0. The third-order valence-corrected chi connectivity index (χ3v) is 9.74. The highest BCUT2D eigenvalue weighted by Gasteiger charge is 2.68. The zero-order valence-electron chi connectivity index (χ0n) is 14.9. The number of thioether (sulfide) groups is 1. The largest absolute Gasteiger partial charge is 0.396 e. The molecule has 0 radical (unpaired) electrons. The van der Waals surface area contributed by atoms with Crippen LogP contribution in [0.3, 0.4) is 0 Å². The Labute approximate surface area is 145 Å². The number of hydrogen-bond acceptors (Lipinski definition) is 2. The molecule has 126 valence electrons. The summed E-state index contributed by atoms with van der Waals surface area (Å²) in [4.78, 5) is 0. The van der Waals surface area contributed by atoms with Gasteiger partial charge in [-0.3, -0.25) is 0 Å². The zero-order chi connectivity index (χ0) is 16.4. The number of hydrogen-bond donors (Lipinski definition) is 1. The Morgan fingerprint density at radius 2 is 1.87 bits per heavy atom. The van der Waals surface area contributed by atoms with Crippen molar-refractivity contribution < 1.29 is 5.11 Å². The van der Waals surface area contributed by atoms with Crippen molar-refractivity contribution in [3.63, 3.8) is 0 Å². The molecule has 2 saturated carbocycles. The van der Waals surface area contributed by atoms with Crippen molar-refractivity contribution >= 4 is 11.8 Å². The average Bonchev–Trinajstić information content (AvgIpc) is 2.87. The standard InChI is InChI=1S/C21H30OS/c1-13-5-7-14(8-6-13)17-15(11-22)12-23-19-18(17)16-9-10-21(19,4)20(16,2)3/h5-8,15-19,22H,9-12H2,1-4H3/t15-,16+,17+,18-,19+,21-/m0/s1. The van der Waals surface area contributed by atoms with Crippen LogP contribution in [0.5, 0.6) is 0 Å². The van der Waals surface area contributed by atoms with Crippen molar-refractivity contribution in [3.05, 3.63) is 35.4 Å². The summed E-state index contributed by atoms with van der Waals surface area (Å²) in [6.07, 6.45) is 2.77. The van der Waals surface area contributed by atoms with Crippen molar-refractivity contribution in [2.45, 2.75) is 51.7 Å². The van der Waals surface area contributed by atoms with E-state index in [0.29, 0.717) is 29.3 Å². The summed E-state index contributed by atoms with van der Waals surface area (Å²) in [6, 6.07) is 9.16. The summed E-state index contributed by atoms with van der Waals surface area (Å²) >= 11 is 2.17. The van der Waals surface area contributed by atoms with Crippen molar-refractivity contribution in [3.8, 4) is 0 Å². The molecule has 1 aromatic carbocycles. The van der Waals surface area contributed by atoms with Crippen molar-refractivity contribution in [1.29, 1.82) is 0 Å². The van der Waals surface area contributed by atoms with Gasteiger partial charge in [-0.15, -0.1) is 0 Å². The van der Waals surface area contributed by atoms with Crippen LogP contribution in [0.2, 0.25) is 0 Å². The van der Waals surface area contributed by atoms with Gasteiger partial charge in [-0.05, 0) is 65.6 Å². The highest BCUT2D eigenvalue weighted by molar-refractivity contribution is 8.00. The van der Waals surface area contributed by atoms with E-state index in [1.165, 1.54) is 24.0 Å². The second-order valence-electron chi connectivity index (χ2n) is 8.99. The van der Waals surface area contributed by atoms with Gasteiger partial charge in [0.05, 0.1) is 0 Å². The average molecular weight is 331 g/mol. The Kier molecular flexibility index (Phi) is 3.67. The number of rotatable bonds is 2. The van der Waals surface area contributed by atoms with Gasteiger partial charge in [0, 0.05) is 11.9 Å². The first-order valence-electron chi connectivity index (χ1n) is 9.19. The van der Waals surface area contributed by atoms with Crippen LogP contribution in [0.25, 0.3) is 0 Å². The molecule has 0 amide bonds.